The standard InChI is InChI=1S/C13H15N2OS/c1-2-7-14-11-5-3-4-6-12(11)15-8-10(16)9-17-13(14)15/h2-6,10,16H,1,7-9H2/q+1. The molecule has 4 heteroatoms. The summed E-state index contributed by atoms with van der Waals surface area (Å²) < 4.78 is 4.47. The predicted molar refractivity (Wildman–Crippen MR) is 69.1 cm³/mol. The first-order chi connectivity index (χ1) is 8.31. The Morgan fingerprint density at radius 1 is 1.53 bits per heavy atom. The minimum absolute atomic E-state index is 0.250. The number of hydrogen-bond donors (Lipinski definition) is 1. The molecular formula is C13H15N2OS+. The molecule has 0 amide bonds. The topological polar surface area (TPSA) is 29.0 Å². The number of para-hydroxylation sites is 2. The fraction of sp³-hybridized carbons (Fsp3) is 0.308. The number of benzene rings is 1. The summed E-state index contributed by atoms with van der Waals surface area (Å²) in [6.45, 7) is 5.32. The van der Waals surface area contributed by atoms with Crippen molar-refractivity contribution in [2.45, 2.75) is 24.3 Å². The van der Waals surface area contributed by atoms with Crippen molar-refractivity contribution in [3.8, 4) is 0 Å². The predicted octanol–water partition coefficient (Wildman–Crippen LogP) is 1.58. The smallest absolute Gasteiger partial charge is 0.319 e. The van der Waals surface area contributed by atoms with E-state index in [0.717, 1.165) is 12.3 Å². The van der Waals surface area contributed by atoms with Gasteiger partial charge in [0.25, 0.3) is 0 Å². The van der Waals surface area contributed by atoms with E-state index in [1.54, 1.807) is 11.8 Å². The highest BCUT2D eigenvalue weighted by molar-refractivity contribution is 7.99. The maximum atomic E-state index is 9.78. The van der Waals surface area contributed by atoms with Crippen LogP contribution in [0.4, 0.5) is 0 Å². The number of allylic oxidation sites excluding steroid dienone is 1. The van der Waals surface area contributed by atoms with Gasteiger partial charge in [-0.25, -0.2) is 9.13 Å². The van der Waals surface area contributed by atoms with Gasteiger partial charge in [0.15, 0.2) is 11.0 Å². The monoisotopic (exact) mass is 247 g/mol. The third-order valence-electron chi connectivity index (χ3n) is 3.03. The van der Waals surface area contributed by atoms with E-state index in [1.807, 2.05) is 12.1 Å². The van der Waals surface area contributed by atoms with Gasteiger partial charge in [0, 0.05) is 5.75 Å². The minimum Gasteiger partial charge on any atom is -0.388 e. The number of fused-ring (bicyclic) bond motifs is 3. The molecule has 1 aliphatic rings. The van der Waals surface area contributed by atoms with Crippen LogP contribution in [0.25, 0.3) is 11.0 Å². The molecule has 0 saturated heterocycles. The Balaban J connectivity index is 2.28. The van der Waals surface area contributed by atoms with Crippen molar-refractivity contribution < 1.29 is 9.67 Å². The van der Waals surface area contributed by atoms with Gasteiger partial charge in [-0.3, -0.25) is 0 Å². The second-order valence-electron chi connectivity index (χ2n) is 4.25. The molecule has 0 bridgehead atoms. The molecule has 0 spiro atoms. The van der Waals surface area contributed by atoms with Gasteiger partial charge < -0.3 is 5.11 Å². The van der Waals surface area contributed by atoms with Crippen molar-refractivity contribution in [2.75, 3.05) is 5.75 Å². The molecule has 0 saturated carbocycles. The summed E-state index contributed by atoms with van der Waals surface area (Å²) in [6, 6.07) is 8.32. The van der Waals surface area contributed by atoms with E-state index in [4.69, 9.17) is 0 Å². The molecule has 0 radical (unpaired) electrons. The third-order valence-corrected chi connectivity index (χ3v) is 4.29. The van der Waals surface area contributed by atoms with E-state index in [1.165, 1.54) is 16.2 Å². The van der Waals surface area contributed by atoms with Gasteiger partial charge in [-0.2, -0.15) is 0 Å². The summed E-state index contributed by atoms with van der Waals surface area (Å²) in [5.74, 6) is 0.771. The number of nitrogens with zero attached hydrogens (tertiary/aromatic N) is 2. The van der Waals surface area contributed by atoms with E-state index >= 15 is 0 Å². The van der Waals surface area contributed by atoms with Gasteiger partial charge in [0.2, 0.25) is 0 Å². The highest BCUT2D eigenvalue weighted by Gasteiger charge is 2.30. The molecule has 0 aliphatic carbocycles. The van der Waals surface area contributed by atoms with Gasteiger partial charge in [-0.1, -0.05) is 24.8 Å². The number of hydrogen-bond acceptors (Lipinski definition) is 2. The van der Waals surface area contributed by atoms with Crippen molar-refractivity contribution in [3.63, 3.8) is 0 Å². The van der Waals surface area contributed by atoms with Crippen molar-refractivity contribution in [1.82, 2.24) is 4.57 Å². The quantitative estimate of drug-likeness (QED) is 0.645. The van der Waals surface area contributed by atoms with E-state index in [0.29, 0.717) is 6.54 Å². The summed E-state index contributed by atoms with van der Waals surface area (Å²) in [7, 11) is 0. The second kappa shape index (κ2) is 4.20. The van der Waals surface area contributed by atoms with Crippen LogP contribution in [0.3, 0.4) is 0 Å². The molecule has 1 aliphatic heterocycles. The molecule has 3 nitrogen and oxygen atoms in total. The van der Waals surface area contributed by atoms with E-state index in [-0.39, 0.29) is 6.10 Å². The Labute approximate surface area is 104 Å². The van der Waals surface area contributed by atoms with Crippen LogP contribution in [0.1, 0.15) is 0 Å². The fourth-order valence-corrected chi connectivity index (χ4v) is 3.45. The molecule has 88 valence electrons. The largest absolute Gasteiger partial charge is 0.388 e. The average Bonchev–Trinajstić information content (AvgIpc) is 2.65. The molecule has 0 fully saturated rings. The summed E-state index contributed by atoms with van der Waals surface area (Å²) >= 11 is 1.72. The van der Waals surface area contributed by atoms with Crippen LogP contribution in [-0.4, -0.2) is 21.5 Å². The molecule has 1 atom stereocenters. The first-order valence-corrected chi connectivity index (χ1v) is 6.72. The second-order valence-corrected chi connectivity index (χ2v) is 5.23. The van der Waals surface area contributed by atoms with Crippen LogP contribution < -0.4 is 4.57 Å². The summed E-state index contributed by atoms with van der Waals surface area (Å²) in [6.07, 6.45) is 1.67. The average molecular weight is 247 g/mol. The first kappa shape index (κ1) is 10.9. The number of aliphatic hydroxyl groups excluding tert-OH is 1. The molecule has 2 heterocycles. The number of aromatic nitrogens is 2. The Hall–Kier alpha value is -1.26. The summed E-state index contributed by atoms with van der Waals surface area (Å²) in [4.78, 5) is 0. The third kappa shape index (κ3) is 1.68. The van der Waals surface area contributed by atoms with Crippen LogP contribution >= 0.6 is 11.8 Å². The van der Waals surface area contributed by atoms with Crippen LogP contribution in [-0.2, 0) is 13.1 Å². The Morgan fingerprint density at radius 3 is 3.18 bits per heavy atom. The van der Waals surface area contributed by atoms with Gasteiger partial charge in [0.1, 0.15) is 19.2 Å². The number of imidazole rings is 1. The van der Waals surface area contributed by atoms with Crippen molar-refractivity contribution in [3.05, 3.63) is 36.9 Å². The highest BCUT2D eigenvalue weighted by atomic mass is 32.2. The maximum Gasteiger partial charge on any atom is 0.319 e. The lowest BCUT2D eigenvalue weighted by Crippen LogP contribution is -2.45. The Kier molecular flexibility index (Phi) is 2.68. The lowest BCUT2D eigenvalue weighted by Gasteiger charge is -2.14. The molecule has 2 aromatic rings. The van der Waals surface area contributed by atoms with Crippen LogP contribution in [0.5, 0.6) is 0 Å². The lowest BCUT2D eigenvalue weighted by atomic mass is 10.3. The minimum atomic E-state index is -0.250. The number of rotatable bonds is 2. The van der Waals surface area contributed by atoms with E-state index in [2.05, 4.69) is 33.9 Å². The Morgan fingerprint density at radius 2 is 2.35 bits per heavy atom. The van der Waals surface area contributed by atoms with Gasteiger partial charge in [0.05, 0.1) is 0 Å². The highest BCUT2D eigenvalue weighted by Crippen LogP contribution is 2.26. The van der Waals surface area contributed by atoms with E-state index in [9.17, 15) is 5.11 Å². The SMILES string of the molecule is C=CCn1c2[n+](c3ccccc31)CC(O)CS2. The van der Waals surface area contributed by atoms with Crippen LogP contribution in [0.2, 0.25) is 0 Å². The molecule has 1 aromatic heterocycles. The van der Waals surface area contributed by atoms with Gasteiger partial charge in [-0.15, -0.1) is 0 Å². The maximum absolute atomic E-state index is 9.78. The van der Waals surface area contributed by atoms with Crippen molar-refractivity contribution in [2.24, 2.45) is 0 Å². The molecule has 1 N–H and O–H groups in total. The molecule has 1 aromatic carbocycles. The van der Waals surface area contributed by atoms with Crippen molar-refractivity contribution >= 4 is 22.8 Å². The molecule has 17 heavy (non-hydrogen) atoms. The van der Waals surface area contributed by atoms with Crippen molar-refractivity contribution in [1.29, 1.82) is 0 Å². The fourth-order valence-electron chi connectivity index (χ4n) is 2.34. The number of aliphatic hydroxyl groups is 1. The van der Waals surface area contributed by atoms with Crippen LogP contribution in [0.15, 0.2) is 42.1 Å². The van der Waals surface area contributed by atoms with Gasteiger partial charge in [-0.05, 0) is 23.9 Å². The molecule has 1 unspecified atom stereocenters. The summed E-state index contributed by atoms with van der Waals surface area (Å²) in [5.41, 5.74) is 2.40. The summed E-state index contributed by atoms with van der Waals surface area (Å²) in [5, 5.41) is 11.0. The molecule has 3 rings (SSSR count). The van der Waals surface area contributed by atoms with E-state index < -0.39 is 0 Å². The lowest BCUT2D eigenvalue weighted by molar-refractivity contribution is -0.717. The first-order valence-electron chi connectivity index (χ1n) is 5.74. The van der Waals surface area contributed by atoms with Crippen LogP contribution in [0, 0.1) is 0 Å². The zero-order chi connectivity index (χ0) is 11.8. The van der Waals surface area contributed by atoms with Gasteiger partial charge >= 0.3 is 5.16 Å². The Bertz CT molecular complexity index is 576. The molecular weight excluding hydrogens is 232 g/mol. The number of thioether (sulfide) groups is 1. The zero-order valence-corrected chi connectivity index (χ0v) is 10.4. The normalized spacial score (nSPS) is 19.2. The zero-order valence-electron chi connectivity index (χ0n) is 9.54.